The molecule has 132 valence electrons. The van der Waals surface area contributed by atoms with E-state index in [0.717, 1.165) is 12.1 Å². The van der Waals surface area contributed by atoms with Gasteiger partial charge in [0.05, 0.1) is 12.6 Å². The highest BCUT2D eigenvalue weighted by Gasteiger charge is 2.32. The van der Waals surface area contributed by atoms with Crippen molar-refractivity contribution in [2.75, 3.05) is 11.9 Å². The van der Waals surface area contributed by atoms with Crippen LogP contribution < -0.4 is 16.0 Å². The van der Waals surface area contributed by atoms with Crippen molar-refractivity contribution < 1.29 is 14.6 Å². The molecule has 1 fully saturated rings. The Hall–Kier alpha value is -1.70. The predicted molar refractivity (Wildman–Crippen MR) is 97.5 cm³/mol. The molecule has 0 saturated carbocycles. The summed E-state index contributed by atoms with van der Waals surface area (Å²) in [6, 6.07) is 8.69. The molecule has 1 amide bonds. The molecule has 1 saturated heterocycles. The van der Waals surface area contributed by atoms with Crippen molar-refractivity contribution in [2.24, 2.45) is 5.92 Å². The molecule has 4 atom stereocenters. The van der Waals surface area contributed by atoms with E-state index in [1.54, 1.807) is 0 Å². The molecule has 0 spiro atoms. The number of hydrogen-bond donors (Lipinski definition) is 4. The van der Waals surface area contributed by atoms with Crippen LogP contribution >= 0.6 is 12.2 Å². The van der Waals surface area contributed by atoms with Crippen molar-refractivity contribution in [3.8, 4) is 0 Å². The number of ether oxygens (including phenoxy) is 1. The van der Waals surface area contributed by atoms with Gasteiger partial charge in [-0.2, -0.15) is 0 Å². The Bertz CT molecular complexity index is 555. The molecule has 7 heteroatoms. The van der Waals surface area contributed by atoms with Gasteiger partial charge in [-0.3, -0.25) is 4.79 Å². The average molecular weight is 351 g/mol. The van der Waals surface area contributed by atoms with Crippen LogP contribution in [0.5, 0.6) is 0 Å². The molecule has 1 aromatic carbocycles. The molecular weight excluding hydrogens is 326 g/mol. The lowest BCUT2D eigenvalue weighted by atomic mass is 9.98. The molecule has 2 rings (SSSR count). The fourth-order valence-electron chi connectivity index (χ4n) is 2.52. The summed E-state index contributed by atoms with van der Waals surface area (Å²) in [5, 5.41) is 19.1. The molecule has 1 heterocycles. The Morgan fingerprint density at radius 1 is 1.42 bits per heavy atom. The van der Waals surface area contributed by atoms with E-state index in [9.17, 15) is 9.90 Å². The monoisotopic (exact) mass is 351 g/mol. The van der Waals surface area contributed by atoms with Crippen LogP contribution in [0.15, 0.2) is 30.3 Å². The second-order valence-corrected chi connectivity index (χ2v) is 6.40. The van der Waals surface area contributed by atoms with Crippen LogP contribution in [0.25, 0.3) is 0 Å². The third kappa shape index (κ3) is 5.15. The summed E-state index contributed by atoms with van der Waals surface area (Å²) >= 11 is 5.33. The molecule has 0 bridgehead atoms. The summed E-state index contributed by atoms with van der Waals surface area (Å²) in [4.78, 5) is 12.6. The van der Waals surface area contributed by atoms with Gasteiger partial charge in [0.2, 0.25) is 5.91 Å². The van der Waals surface area contributed by atoms with E-state index in [2.05, 4.69) is 16.0 Å². The molecular formula is C17H25N3O3S. The minimum Gasteiger partial charge on any atom is -0.366 e. The van der Waals surface area contributed by atoms with Crippen LogP contribution in [-0.2, 0) is 9.53 Å². The number of benzene rings is 1. The van der Waals surface area contributed by atoms with E-state index in [1.807, 2.05) is 44.2 Å². The van der Waals surface area contributed by atoms with Crippen molar-refractivity contribution in [1.29, 1.82) is 0 Å². The second kappa shape index (κ2) is 8.96. The fraction of sp³-hybridized carbons (Fsp3) is 0.529. The van der Waals surface area contributed by atoms with Gasteiger partial charge < -0.3 is 25.8 Å². The molecule has 24 heavy (non-hydrogen) atoms. The van der Waals surface area contributed by atoms with Gasteiger partial charge in [-0.05, 0) is 36.7 Å². The van der Waals surface area contributed by atoms with Crippen LogP contribution in [0.2, 0.25) is 0 Å². The number of aliphatic hydroxyl groups is 1. The van der Waals surface area contributed by atoms with Crippen molar-refractivity contribution in [1.82, 2.24) is 10.6 Å². The second-order valence-electron chi connectivity index (χ2n) is 5.99. The third-order valence-electron chi connectivity index (χ3n) is 4.20. The van der Waals surface area contributed by atoms with Crippen molar-refractivity contribution in [3.05, 3.63) is 30.3 Å². The smallest absolute Gasteiger partial charge is 0.243 e. The minimum absolute atomic E-state index is 0.0833. The SMILES string of the molecule is CC[C@H](C)[C@H](NC(=S)Nc1ccccc1)C(=O)N[C@H]1CCOC1O. The quantitative estimate of drug-likeness (QED) is 0.583. The standard InChI is InChI=1S/C17H25N3O3S/c1-3-11(2)14(15(21)19-13-9-10-23-16(13)22)20-17(24)18-12-7-5-4-6-8-12/h4-8,11,13-14,16,22H,3,9-10H2,1-2H3,(H,19,21)(H2,18,20,24)/t11-,13-,14-,16?/m0/s1. The third-order valence-corrected chi connectivity index (χ3v) is 4.42. The number of hydrogen-bond acceptors (Lipinski definition) is 4. The zero-order chi connectivity index (χ0) is 17.5. The first-order valence-corrected chi connectivity index (χ1v) is 8.64. The Morgan fingerprint density at radius 3 is 2.71 bits per heavy atom. The lowest BCUT2D eigenvalue weighted by Crippen LogP contribution is -2.54. The van der Waals surface area contributed by atoms with Gasteiger partial charge in [0.15, 0.2) is 11.4 Å². The molecule has 4 N–H and O–H groups in total. The number of carbonyl (C=O) groups excluding carboxylic acids is 1. The van der Waals surface area contributed by atoms with Gasteiger partial charge in [-0.15, -0.1) is 0 Å². The van der Waals surface area contributed by atoms with Crippen LogP contribution in [0.1, 0.15) is 26.7 Å². The first kappa shape index (κ1) is 18.6. The van der Waals surface area contributed by atoms with Crippen LogP contribution in [-0.4, -0.2) is 41.1 Å². The van der Waals surface area contributed by atoms with Crippen molar-refractivity contribution in [3.63, 3.8) is 0 Å². The molecule has 0 aromatic heterocycles. The van der Waals surface area contributed by atoms with E-state index in [4.69, 9.17) is 17.0 Å². The van der Waals surface area contributed by atoms with E-state index in [0.29, 0.717) is 18.1 Å². The van der Waals surface area contributed by atoms with Crippen LogP contribution in [0.3, 0.4) is 0 Å². The molecule has 0 aliphatic carbocycles. The van der Waals surface area contributed by atoms with Gasteiger partial charge in [0.25, 0.3) is 0 Å². The normalized spacial score (nSPS) is 22.5. The summed E-state index contributed by atoms with van der Waals surface area (Å²) in [5.41, 5.74) is 0.859. The van der Waals surface area contributed by atoms with E-state index in [1.165, 1.54) is 0 Å². The summed E-state index contributed by atoms with van der Waals surface area (Å²) in [7, 11) is 0. The molecule has 6 nitrogen and oxygen atoms in total. The summed E-state index contributed by atoms with van der Waals surface area (Å²) in [5.74, 6) is -0.101. The summed E-state index contributed by atoms with van der Waals surface area (Å²) < 4.78 is 5.08. The molecule has 1 aromatic rings. The number of carbonyl (C=O) groups is 1. The van der Waals surface area contributed by atoms with Crippen LogP contribution in [0.4, 0.5) is 5.69 Å². The Labute approximate surface area is 148 Å². The number of nitrogens with one attached hydrogen (secondary N) is 3. The Kier molecular flexibility index (Phi) is 6.96. The maximum absolute atomic E-state index is 12.6. The lowest BCUT2D eigenvalue weighted by molar-refractivity contribution is -0.128. The van der Waals surface area contributed by atoms with Crippen molar-refractivity contribution in [2.45, 2.75) is 45.1 Å². The zero-order valence-electron chi connectivity index (χ0n) is 14.0. The highest BCUT2D eigenvalue weighted by atomic mass is 32.1. The molecule has 1 aliphatic rings. The Balaban J connectivity index is 1.96. The number of thiocarbonyl (C=S) groups is 1. The topological polar surface area (TPSA) is 82.6 Å². The summed E-state index contributed by atoms with van der Waals surface area (Å²) in [6.07, 6.45) is 0.483. The average Bonchev–Trinajstić information content (AvgIpc) is 2.97. The van der Waals surface area contributed by atoms with E-state index >= 15 is 0 Å². The first-order valence-electron chi connectivity index (χ1n) is 8.24. The number of aliphatic hydroxyl groups excluding tert-OH is 1. The molecule has 0 radical (unpaired) electrons. The zero-order valence-corrected chi connectivity index (χ0v) is 14.8. The number of para-hydroxylation sites is 1. The molecule has 1 aliphatic heterocycles. The highest BCUT2D eigenvalue weighted by molar-refractivity contribution is 7.80. The van der Waals surface area contributed by atoms with Gasteiger partial charge in [0, 0.05) is 5.69 Å². The molecule has 1 unspecified atom stereocenters. The lowest BCUT2D eigenvalue weighted by Gasteiger charge is -2.27. The fourth-order valence-corrected chi connectivity index (χ4v) is 2.77. The predicted octanol–water partition coefficient (Wildman–Crippen LogP) is 1.61. The van der Waals surface area contributed by atoms with Gasteiger partial charge >= 0.3 is 0 Å². The highest BCUT2D eigenvalue weighted by Crippen LogP contribution is 2.14. The first-order chi connectivity index (χ1) is 11.5. The van der Waals surface area contributed by atoms with Crippen LogP contribution in [0, 0.1) is 5.92 Å². The van der Waals surface area contributed by atoms with E-state index in [-0.39, 0.29) is 17.9 Å². The number of anilines is 1. The van der Waals surface area contributed by atoms with Crippen molar-refractivity contribution >= 4 is 28.9 Å². The van der Waals surface area contributed by atoms with Gasteiger partial charge in [0.1, 0.15) is 6.04 Å². The minimum atomic E-state index is -0.944. The Morgan fingerprint density at radius 2 is 2.12 bits per heavy atom. The van der Waals surface area contributed by atoms with E-state index < -0.39 is 12.3 Å². The maximum Gasteiger partial charge on any atom is 0.243 e. The van der Waals surface area contributed by atoms with Gasteiger partial charge in [-0.1, -0.05) is 38.5 Å². The largest absolute Gasteiger partial charge is 0.366 e. The summed E-state index contributed by atoms with van der Waals surface area (Å²) in [6.45, 7) is 4.46. The van der Waals surface area contributed by atoms with Gasteiger partial charge in [-0.25, -0.2) is 0 Å². The maximum atomic E-state index is 12.6. The number of rotatable bonds is 6. The number of amides is 1.